The quantitative estimate of drug-likeness (QED) is 0.568. The Kier molecular flexibility index (Phi) is 2.21. The van der Waals surface area contributed by atoms with Crippen LogP contribution in [-0.2, 0) is 4.79 Å². The monoisotopic (exact) mass is 209 g/mol. The summed E-state index contributed by atoms with van der Waals surface area (Å²) in [5.41, 5.74) is 0.442. The molecule has 2 N–H and O–H groups in total. The van der Waals surface area contributed by atoms with Crippen LogP contribution < -0.4 is 10.6 Å². The SMILES string of the molecule is O=C1NCCN2CC3(CCNCC3)C[C@H]12. The Labute approximate surface area is 90.4 Å². The predicted octanol–water partition coefficient (Wildman–Crippen LogP) is -0.440. The van der Waals surface area contributed by atoms with E-state index >= 15 is 0 Å². The number of fused-ring (bicyclic) bond motifs is 1. The van der Waals surface area contributed by atoms with E-state index in [4.69, 9.17) is 0 Å². The van der Waals surface area contributed by atoms with Crippen LogP contribution in [0.3, 0.4) is 0 Å². The van der Waals surface area contributed by atoms with Gasteiger partial charge in [0.1, 0.15) is 0 Å². The zero-order chi connectivity index (χ0) is 10.3. The van der Waals surface area contributed by atoms with Gasteiger partial charge in [0.15, 0.2) is 0 Å². The fraction of sp³-hybridized carbons (Fsp3) is 0.909. The molecule has 0 aliphatic carbocycles. The molecule has 15 heavy (non-hydrogen) atoms. The molecule has 3 fully saturated rings. The number of carbonyl (C=O) groups excluding carboxylic acids is 1. The van der Waals surface area contributed by atoms with E-state index in [0.717, 1.165) is 39.1 Å². The molecule has 3 aliphatic heterocycles. The van der Waals surface area contributed by atoms with Gasteiger partial charge in [-0.25, -0.2) is 0 Å². The molecule has 3 saturated heterocycles. The summed E-state index contributed by atoms with van der Waals surface area (Å²) in [5.74, 6) is 0.261. The van der Waals surface area contributed by atoms with Gasteiger partial charge in [0.05, 0.1) is 6.04 Å². The van der Waals surface area contributed by atoms with Crippen molar-refractivity contribution >= 4 is 5.91 Å². The third-order valence-electron chi connectivity index (χ3n) is 4.27. The van der Waals surface area contributed by atoms with Crippen LogP contribution in [0.1, 0.15) is 19.3 Å². The summed E-state index contributed by atoms with van der Waals surface area (Å²) in [7, 11) is 0. The van der Waals surface area contributed by atoms with Gasteiger partial charge < -0.3 is 10.6 Å². The lowest BCUT2D eigenvalue weighted by Crippen LogP contribution is -2.52. The van der Waals surface area contributed by atoms with Gasteiger partial charge in [-0.05, 0) is 37.8 Å². The van der Waals surface area contributed by atoms with Crippen molar-refractivity contribution in [3.8, 4) is 0 Å². The number of amides is 1. The molecule has 0 aromatic rings. The molecule has 0 bridgehead atoms. The Morgan fingerprint density at radius 1 is 1.27 bits per heavy atom. The molecule has 0 unspecified atom stereocenters. The van der Waals surface area contributed by atoms with Gasteiger partial charge in [-0.3, -0.25) is 9.69 Å². The van der Waals surface area contributed by atoms with Gasteiger partial charge >= 0.3 is 0 Å². The highest BCUT2D eigenvalue weighted by molar-refractivity contribution is 5.83. The van der Waals surface area contributed by atoms with Crippen LogP contribution in [0.2, 0.25) is 0 Å². The van der Waals surface area contributed by atoms with Gasteiger partial charge in [-0.15, -0.1) is 0 Å². The Balaban J connectivity index is 1.77. The molecule has 4 nitrogen and oxygen atoms in total. The summed E-state index contributed by atoms with van der Waals surface area (Å²) in [6.07, 6.45) is 3.57. The minimum absolute atomic E-state index is 0.178. The second kappa shape index (κ2) is 3.46. The average Bonchev–Trinajstić information content (AvgIpc) is 2.59. The molecule has 1 amide bonds. The highest BCUT2D eigenvalue weighted by Crippen LogP contribution is 2.42. The lowest BCUT2D eigenvalue weighted by molar-refractivity contribution is -0.127. The smallest absolute Gasteiger partial charge is 0.237 e. The number of nitrogens with zero attached hydrogens (tertiary/aromatic N) is 1. The van der Waals surface area contributed by atoms with E-state index in [2.05, 4.69) is 15.5 Å². The zero-order valence-corrected chi connectivity index (χ0v) is 9.09. The number of piperidine rings is 1. The molecule has 3 heterocycles. The first-order chi connectivity index (χ1) is 7.29. The zero-order valence-electron chi connectivity index (χ0n) is 9.09. The number of rotatable bonds is 0. The summed E-state index contributed by atoms with van der Waals surface area (Å²) in [4.78, 5) is 14.1. The molecule has 0 saturated carbocycles. The van der Waals surface area contributed by atoms with E-state index in [1.165, 1.54) is 12.8 Å². The third kappa shape index (κ3) is 1.56. The van der Waals surface area contributed by atoms with Crippen molar-refractivity contribution in [3.05, 3.63) is 0 Å². The van der Waals surface area contributed by atoms with Crippen molar-refractivity contribution in [1.29, 1.82) is 0 Å². The molecule has 84 valence electrons. The highest BCUT2D eigenvalue weighted by Gasteiger charge is 2.47. The summed E-state index contributed by atoms with van der Waals surface area (Å²) in [6, 6.07) is 0.178. The molecule has 1 spiro atoms. The van der Waals surface area contributed by atoms with Crippen molar-refractivity contribution in [2.45, 2.75) is 25.3 Å². The molecule has 0 aromatic carbocycles. The topological polar surface area (TPSA) is 44.4 Å². The fourth-order valence-electron chi connectivity index (χ4n) is 3.40. The van der Waals surface area contributed by atoms with Gasteiger partial charge in [0, 0.05) is 19.6 Å². The van der Waals surface area contributed by atoms with Crippen molar-refractivity contribution in [2.75, 3.05) is 32.7 Å². The van der Waals surface area contributed by atoms with E-state index in [0.29, 0.717) is 5.41 Å². The molecule has 3 aliphatic rings. The highest BCUT2D eigenvalue weighted by atomic mass is 16.2. The summed E-state index contributed by atoms with van der Waals surface area (Å²) < 4.78 is 0. The molecule has 4 heteroatoms. The average molecular weight is 209 g/mol. The van der Waals surface area contributed by atoms with Crippen LogP contribution in [0.5, 0.6) is 0 Å². The summed E-state index contributed by atoms with van der Waals surface area (Å²) in [6.45, 7) is 5.28. The lowest BCUT2D eigenvalue weighted by atomic mass is 9.77. The van der Waals surface area contributed by atoms with E-state index in [1.807, 2.05) is 0 Å². The largest absolute Gasteiger partial charge is 0.353 e. The molecular weight excluding hydrogens is 190 g/mol. The second-order valence-corrected chi connectivity index (χ2v) is 5.23. The van der Waals surface area contributed by atoms with Crippen LogP contribution in [-0.4, -0.2) is 49.6 Å². The van der Waals surface area contributed by atoms with Crippen LogP contribution in [0.4, 0.5) is 0 Å². The Bertz CT molecular complexity index is 273. The normalized spacial score (nSPS) is 35.2. The number of carbonyl (C=O) groups is 1. The molecule has 0 aromatic heterocycles. The Hall–Kier alpha value is -0.610. The van der Waals surface area contributed by atoms with E-state index < -0.39 is 0 Å². The maximum atomic E-state index is 11.7. The van der Waals surface area contributed by atoms with Crippen LogP contribution >= 0.6 is 0 Å². The van der Waals surface area contributed by atoms with Crippen molar-refractivity contribution in [2.24, 2.45) is 5.41 Å². The van der Waals surface area contributed by atoms with E-state index in [-0.39, 0.29) is 11.9 Å². The van der Waals surface area contributed by atoms with Gasteiger partial charge in [-0.2, -0.15) is 0 Å². The van der Waals surface area contributed by atoms with Gasteiger partial charge in [0.25, 0.3) is 0 Å². The van der Waals surface area contributed by atoms with Gasteiger partial charge in [0.2, 0.25) is 5.91 Å². The van der Waals surface area contributed by atoms with Gasteiger partial charge in [-0.1, -0.05) is 0 Å². The number of hydrogen-bond acceptors (Lipinski definition) is 3. The predicted molar refractivity (Wildman–Crippen MR) is 57.5 cm³/mol. The maximum absolute atomic E-state index is 11.7. The molecule has 3 rings (SSSR count). The maximum Gasteiger partial charge on any atom is 0.237 e. The molecule has 0 radical (unpaired) electrons. The van der Waals surface area contributed by atoms with Crippen LogP contribution in [0, 0.1) is 5.41 Å². The lowest BCUT2D eigenvalue weighted by Gasteiger charge is -2.33. The summed E-state index contributed by atoms with van der Waals surface area (Å²) >= 11 is 0. The summed E-state index contributed by atoms with van der Waals surface area (Å²) in [5, 5.41) is 6.39. The van der Waals surface area contributed by atoms with Crippen LogP contribution in [0.15, 0.2) is 0 Å². The van der Waals surface area contributed by atoms with E-state index in [1.54, 1.807) is 0 Å². The standard InChI is InChI=1S/C11H19N3O/c15-10-9-7-11(1-3-12-4-2-11)8-14(9)6-5-13-10/h9,12H,1-8H2,(H,13,15)/t9-/m1/s1. The minimum atomic E-state index is 0.178. The fourth-order valence-corrected chi connectivity index (χ4v) is 3.40. The first kappa shape index (κ1) is 9.60. The Morgan fingerprint density at radius 3 is 2.80 bits per heavy atom. The molecular formula is C11H19N3O. The van der Waals surface area contributed by atoms with E-state index in [9.17, 15) is 4.79 Å². The first-order valence-corrected chi connectivity index (χ1v) is 6.02. The number of nitrogens with one attached hydrogen (secondary N) is 2. The van der Waals surface area contributed by atoms with Crippen molar-refractivity contribution in [3.63, 3.8) is 0 Å². The number of hydrogen-bond donors (Lipinski definition) is 2. The first-order valence-electron chi connectivity index (χ1n) is 6.02. The number of piperazine rings is 1. The van der Waals surface area contributed by atoms with Crippen LogP contribution in [0.25, 0.3) is 0 Å². The second-order valence-electron chi connectivity index (χ2n) is 5.23. The Morgan fingerprint density at radius 2 is 2.07 bits per heavy atom. The molecule has 1 atom stereocenters. The van der Waals surface area contributed by atoms with Crippen molar-refractivity contribution < 1.29 is 4.79 Å². The third-order valence-corrected chi connectivity index (χ3v) is 4.27. The van der Waals surface area contributed by atoms with Crippen molar-refractivity contribution in [1.82, 2.24) is 15.5 Å². The minimum Gasteiger partial charge on any atom is -0.353 e.